The first kappa shape index (κ1) is 31.8. The van der Waals surface area contributed by atoms with Crippen LogP contribution in [-0.2, 0) is 10.0 Å². The molecule has 2 aromatic carbocycles. The number of sulfonamides is 1. The molecule has 1 aliphatic rings. The maximum atomic E-state index is 13.8. The predicted molar refractivity (Wildman–Crippen MR) is 166 cm³/mol. The minimum atomic E-state index is -3.62. The second-order valence-electron chi connectivity index (χ2n) is 9.62. The summed E-state index contributed by atoms with van der Waals surface area (Å²) in [6, 6.07) is 12.5. The monoisotopic (exact) mass is 610 g/mol. The number of carbonyl (C=O) groups is 1. The second kappa shape index (κ2) is 14.3. The van der Waals surface area contributed by atoms with Crippen LogP contribution >= 0.6 is 35.5 Å². The number of aromatic nitrogens is 1. The number of rotatable bonds is 11. The Bertz CT molecular complexity index is 1340. The number of thioether (sulfide) groups is 1. The average Bonchev–Trinajstić information content (AvgIpc) is 3.39. The Morgan fingerprint density at radius 1 is 1.03 bits per heavy atom. The van der Waals surface area contributed by atoms with Gasteiger partial charge in [0, 0.05) is 36.6 Å². The molecule has 0 spiro atoms. The van der Waals surface area contributed by atoms with Gasteiger partial charge in [0.25, 0.3) is 5.91 Å². The van der Waals surface area contributed by atoms with Crippen LogP contribution in [0.1, 0.15) is 56.3 Å². The molecule has 1 amide bonds. The van der Waals surface area contributed by atoms with Gasteiger partial charge in [-0.25, -0.2) is 13.4 Å². The number of fused-ring (bicyclic) bond motifs is 1. The van der Waals surface area contributed by atoms with Gasteiger partial charge in [-0.2, -0.15) is 4.31 Å². The second-order valence-corrected chi connectivity index (χ2v) is 13.5. The largest absolute Gasteiger partial charge is 0.302 e. The van der Waals surface area contributed by atoms with Crippen LogP contribution in [0.25, 0.3) is 10.2 Å². The van der Waals surface area contributed by atoms with E-state index >= 15 is 0 Å². The third kappa shape index (κ3) is 7.15. The highest BCUT2D eigenvalue weighted by Gasteiger charge is 2.29. The molecule has 214 valence electrons. The van der Waals surface area contributed by atoms with E-state index in [1.165, 1.54) is 22.1 Å². The van der Waals surface area contributed by atoms with Gasteiger partial charge < -0.3 is 4.90 Å². The number of anilines is 1. The lowest BCUT2D eigenvalue weighted by atomic mass is 9.96. The molecule has 1 heterocycles. The van der Waals surface area contributed by atoms with Crippen LogP contribution in [0.4, 0.5) is 5.13 Å². The summed E-state index contributed by atoms with van der Waals surface area (Å²) in [4.78, 5) is 24.0. The molecule has 4 rings (SSSR count). The van der Waals surface area contributed by atoms with Crippen molar-refractivity contribution in [2.24, 2.45) is 0 Å². The Morgan fingerprint density at radius 3 is 2.31 bits per heavy atom. The summed E-state index contributed by atoms with van der Waals surface area (Å²) in [5, 5.41) is 0.660. The molecule has 1 saturated carbocycles. The van der Waals surface area contributed by atoms with E-state index in [2.05, 4.69) is 18.7 Å². The first-order chi connectivity index (χ1) is 18.3. The van der Waals surface area contributed by atoms with Gasteiger partial charge in [0.15, 0.2) is 5.13 Å². The van der Waals surface area contributed by atoms with Crippen LogP contribution in [0.3, 0.4) is 0 Å². The van der Waals surface area contributed by atoms with Gasteiger partial charge in [-0.05, 0) is 68.6 Å². The van der Waals surface area contributed by atoms with Gasteiger partial charge >= 0.3 is 0 Å². The predicted octanol–water partition coefficient (Wildman–Crippen LogP) is 6.38. The average molecular weight is 611 g/mol. The summed E-state index contributed by atoms with van der Waals surface area (Å²) in [5.41, 5.74) is 1.36. The van der Waals surface area contributed by atoms with E-state index in [9.17, 15) is 13.2 Å². The highest BCUT2D eigenvalue weighted by atomic mass is 35.5. The van der Waals surface area contributed by atoms with Crippen molar-refractivity contribution < 1.29 is 13.2 Å². The standard InChI is InChI=1S/C28H38N4O3S3.ClH/c1-5-31(6-2)19-20-32(28-29-26-24(36-4)13-10-14-25(26)37-28)27(33)21-15-17-23(18-16-21)38(34,35)30(3)22-11-8-7-9-12-22;/h10,13-18,22H,5-9,11-12,19-20H2,1-4H3;1H. The summed E-state index contributed by atoms with van der Waals surface area (Å²) >= 11 is 3.15. The topological polar surface area (TPSA) is 73.8 Å². The molecule has 0 unspecified atom stereocenters. The van der Waals surface area contributed by atoms with Gasteiger partial charge in [-0.3, -0.25) is 9.69 Å². The molecule has 11 heteroatoms. The number of nitrogens with zero attached hydrogens (tertiary/aromatic N) is 4. The fourth-order valence-corrected chi connectivity index (χ4v) is 8.05. The molecule has 1 fully saturated rings. The van der Waals surface area contributed by atoms with Crippen molar-refractivity contribution in [3.05, 3.63) is 48.0 Å². The van der Waals surface area contributed by atoms with E-state index in [-0.39, 0.29) is 29.3 Å². The molecule has 1 aliphatic carbocycles. The summed E-state index contributed by atoms with van der Waals surface area (Å²) in [5.74, 6) is -0.175. The van der Waals surface area contributed by atoms with Gasteiger partial charge in [0.05, 0.1) is 15.1 Å². The number of thiazole rings is 1. The van der Waals surface area contributed by atoms with Crippen LogP contribution in [0.5, 0.6) is 0 Å². The molecule has 7 nitrogen and oxygen atoms in total. The molecule has 3 aromatic rings. The fraction of sp³-hybridized carbons (Fsp3) is 0.500. The van der Waals surface area contributed by atoms with Crippen molar-refractivity contribution in [1.29, 1.82) is 0 Å². The van der Waals surface area contributed by atoms with Crippen LogP contribution in [0.15, 0.2) is 52.3 Å². The Morgan fingerprint density at radius 2 is 1.69 bits per heavy atom. The quantitative estimate of drug-likeness (QED) is 0.235. The van der Waals surface area contributed by atoms with Crippen LogP contribution < -0.4 is 4.90 Å². The summed E-state index contributed by atoms with van der Waals surface area (Å²) in [6.07, 6.45) is 7.11. The molecule has 0 radical (unpaired) electrons. The van der Waals surface area contributed by atoms with Crippen LogP contribution in [0, 0.1) is 0 Å². The third-order valence-electron chi connectivity index (χ3n) is 7.47. The van der Waals surface area contributed by atoms with Crippen molar-refractivity contribution in [1.82, 2.24) is 14.2 Å². The zero-order chi connectivity index (χ0) is 27.3. The summed E-state index contributed by atoms with van der Waals surface area (Å²) < 4.78 is 29.1. The number of hydrogen-bond donors (Lipinski definition) is 0. The summed E-state index contributed by atoms with van der Waals surface area (Å²) in [6.45, 7) is 7.25. The lowest BCUT2D eigenvalue weighted by Crippen LogP contribution is -2.39. The van der Waals surface area contributed by atoms with Crippen molar-refractivity contribution in [3.8, 4) is 0 Å². The van der Waals surface area contributed by atoms with E-state index in [0.717, 1.165) is 60.4 Å². The van der Waals surface area contributed by atoms with Gasteiger partial charge in [-0.1, -0.05) is 50.5 Å². The minimum absolute atomic E-state index is 0. The zero-order valence-corrected chi connectivity index (χ0v) is 26.4. The number of amides is 1. The highest BCUT2D eigenvalue weighted by Crippen LogP contribution is 2.35. The van der Waals surface area contributed by atoms with Crippen LogP contribution in [-0.4, -0.2) is 74.0 Å². The number of hydrogen-bond acceptors (Lipinski definition) is 7. The van der Waals surface area contributed by atoms with E-state index in [1.54, 1.807) is 48.0 Å². The lowest BCUT2D eigenvalue weighted by Gasteiger charge is -2.30. The van der Waals surface area contributed by atoms with Crippen molar-refractivity contribution >= 4 is 66.8 Å². The molecule has 0 saturated heterocycles. The molecule has 0 bridgehead atoms. The van der Waals surface area contributed by atoms with Gasteiger partial charge in [0.1, 0.15) is 0 Å². The molecule has 39 heavy (non-hydrogen) atoms. The molecular formula is C28H39ClN4O3S3. The zero-order valence-electron chi connectivity index (χ0n) is 23.1. The lowest BCUT2D eigenvalue weighted by molar-refractivity contribution is 0.0983. The van der Waals surface area contributed by atoms with Gasteiger partial charge in [0.2, 0.25) is 10.0 Å². The third-order valence-corrected chi connectivity index (χ3v) is 11.2. The molecule has 0 N–H and O–H groups in total. The number of para-hydroxylation sites is 1. The van der Waals surface area contributed by atoms with E-state index < -0.39 is 10.0 Å². The highest BCUT2D eigenvalue weighted by molar-refractivity contribution is 7.98. The molecule has 0 atom stereocenters. The Hall–Kier alpha value is -1.69. The first-order valence-corrected chi connectivity index (χ1v) is 16.8. The van der Waals surface area contributed by atoms with Crippen molar-refractivity contribution in [3.63, 3.8) is 0 Å². The minimum Gasteiger partial charge on any atom is -0.302 e. The summed E-state index contributed by atoms with van der Waals surface area (Å²) in [7, 11) is -1.94. The van der Waals surface area contributed by atoms with Crippen molar-refractivity contribution in [2.75, 3.05) is 44.4 Å². The number of benzene rings is 2. The molecule has 0 aliphatic heterocycles. The Kier molecular flexibility index (Phi) is 11.7. The SMILES string of the molecule is CCN(CC)CCN(C(=O)c1ccc(S(=O)(=O)N(C)C2CCCCC2)cc1)c1nc2c(SC)cccc2s1.Cl. The molecule has 1 aromatic heterocycles. The van der Waals surface area contributed by atoms with Crippen molar-refractivity contribution in [2.45, 2.75) is 61.8 Å². The normalized spacial score (nSPS) is 14.6. The Balaban J connectivity index is 0.00000420. The number of halogens is 1. The van der Waals surface area contributed by atoms with E-state index in [0.29, 0.717) is 17.2 Å². The van der Waals surface area contributed by atoms with Gasteiger partial charge in [-0.15, -0.1) is 24.2 Å². The maximum absolute atomic E-state index is 13.8. The number of carbonyl (C=O) groups excluding carboxylic acids is 1. The van der Waals surface area contributed by atoms with E-state index in [4.69, 9.17) is 4.98 Å². The number of likely N-dealkylation sites (N-methyl/N-ethyl adjacent to an activating group) is 1. The smallest absolute Gasteiger partial charge is 0.260 e. The Labute approximate surface area is 247 Å². The molecular weight excluding hydrogens is 572 g/mol. The van der Waals surface area contributed by atoms with Crippen LogP contribution in [0.2, 0.25) is 0 Å². The van der Waals surface area contributed by atoms with E-state index in [1.807, 2.05) is 24.5 Å². The fourth-order valence-electron chi connectivity index (χ4n) is 4.99. The maximum Gasteiger partial charge on any atom is 0.260 e. The first-order valence-electron chi connectivity index (χ1n) is 13.4.